The number of piperidine rings is 1. The first-order valence-corrected chi connectivity index (χ1v) is 9.54. The number of carboxylic acid groups (broad SMARTS) is 1. The lowest BCUT2D eigenvalue weighted by Crippen LogP contribution is -2.35. The molecule has 2 rings (SSSR count). The Balaban J connectivity index is 1.88. The van der Waals surface area contributed by atoms with Crippen LogP contribution in [-0.2, 0) is 11.3 Å². The Hall–Kier alpha value is -1.79. The molecule has 26 heavy (non-hydrogen) atoms. The zero-order valence-corrected chi connectivity index (χ0v) is 16.2. The predicted molar refractivity (Wildman–Crippen MR) is 102 cm³/mol. The van der Waals surface area contributed by atoms with Crippen LogP contribution in [0.1, 0.15) is 32.3 Å². The summed E-state index contributed by atoms with van der Waals surface area (Å²) in [4.78, 5) is 15.7. The van der Waals surface area contributed by atoms with E-state index in [9.17, 15) is 4.79 Å². The van der Waals surface area contributed by atoms with Gasteiger partial charge in [-0.3, -0.25) is 9.69 Å². The molecule has 0 bridgehead atoms. The van der Waals surface area contributed by atoms with Crippen LogP contribution in [0.3, 0.4) is 0 Å². The zero-order chi connectivity index (χ0) is 18.9. The molecule has 1 fully saturated rings. The van der Waals surface area contributed by atoms with Gasteiger partial charge in [-0.05, 0) is 56.7 Å². The third kappa shape index (κ3) is 5.88. The van der Waals surface area contributed by atoms with Crippen molar-refractivity contribution in [2.24, 2.45) is 5.92 Å². The van der Waals surface area contributed by atoms with Gasteiger partial charge >= 0.3 is 5.97 Å². The average molecular weight is 364 g/mol. The molecule has 0 spiro atoms. The molecule has 6 heteroatoms. The van der Waals surface area contributed by atoms with Crippen molar-refractivity contribution in [3.63, 3.8) is 0 Å². The molecule has 146 valence electrons. The molecular weight excluding hydrogens is 332 g/mol. The fourth-order valence-electron chi connectivity index (χ4n) is 3.35. The Labute approximate surface area is 156 Å². The molecule has 0 radical (unpaired) electrons. The van der Waals surface area contributed by atoms with Gasteiger partial charge in [0.05, 0.1) is 13.0 Å². The minimum Gasteiger partial charge on any atom is -0.493 e. The van der Waals surface area contributed by atoms with E-state index in [1.807, 2.05) is 12.1 Å². The van der Waals surface area contributed by atoms with E-state index >= 15 is 0 Å². The molecule has 0 saturated carbocycles. The molecule has 0 amide bonds. The number of rotatable bonds is 10. The van der Waals surface area contributed by atoms with Gasteiger partial charge in [0.1, 0.15) is 6.61 Å². The van der Waals surface area contributed by atoms with Crippen LogP contribution in [0.25, 0.3) is 0 Å². The lowest BCUT2D eigenvalue weighted by molar-refractivity contribution is -0.143. The number of hydrogen-bond acceptors (Lipinski definition) is 5. The molecule has 0 unspecified atom stereocenters. The minimum absolute atomic E-state index is 0.192. The Bertz CT molecular complexity index is 567. The molecule has 1 aromatic carbocycles. The van der Waals surface area contributed by atoms with Crippen molar-refractivity contribution in [1.82, 2.24) is 9.80 Å². The first-order chi connectivity index (χ1) is 12.6. The van der Waals surface area contributed by atoms with E-state index < -0.39 is 5.97 Å². The third-order valence-electron chi connectivity index (χ3n) is 5.13. The number of carbonyl (C=O) groups is 1. The van der Waals surface area contributed by atoms with Crippen molar-refractivity contribution in [3.05, 3.63) is 23.8 Å². The van der Waals surface area contributed by atoms with Crippen molar-refractivity contribution < 1.29 is 19.4 Å². The number of aliphatic carboxylic acids is 1. The number of benzene rings is 1. The second-order valence-corrected chi connectivity index (χ2v) is 6.75. The van der Waals surface area contributed by atoms with Gasteiger partial charge in [0, 0.05) is 13.1 Å². The van der Waals surface area contributed by atoms with Crippen molar-refractivity contribution in [2.45, 2.75) is 33.2 Å². The summed E-state index contributed by atoms with van der Waals surface area (Å²) in [6, 6.07) is 6.06. The number of ether oxygens (including phenoxy) is 2. The van der Waals surface area contributed by atoms with Crippen molar-refractivity contribution in [2.75, 3.05) is 46.4 Å². The molecular formula is C20H32N2O4. The molecule has 1 aliphatic rings. The van der Waals surface area contributed by atoms with Crippen molar-refractivity contribution >= 4 is 5.97 Å². The summed E-state index contributed by atoms with van der Waals surface area (Å²) < 4.78 is 11.4. The average Bonchev–Trinajstić information content (AvgIpc) is 2.66. The van der Waals surface area contributed by atoms with E-state index in [4.69, 9.17) is 14.6 Å². The highest BCUT2D eigenvalue weighted by molar-refractivity contribution is 5.70. The van der Waals surface area contributed by atoms with Gasteiger partial charge in [0.2, 0.25) is 0 Å². The summed E-state index contributed by atoms with van der Waals surface area (Å²) in [7, 11) is 1.66. The first-order valence-electron chi connectivity index (χ1n) is 9.54. The Kier molecular flexibility index (Phi) is 8.19. The summed E-state index contributed by atoms with van der Waals surface area (Å²) >= 11 is 0. The van der Waals surface area contributed by atoms with E-state index in [-0.39, 0.29) is 5.92 Å². The van der Waals surface area contributed by atoms with Crippen LogP contribution < -0.4 is 9.47 Å². The predicted octanol–water partition coefficient (Wildman–Crippen LogP) is 2.71. The molecule has 0 aromatic heterocycles. The highest BCUT2D eigenvalue weighted by atomic mass is 16.5. The maximum Gasteiger partial charge on any atom is 0.306 e. The smallest absolute Gasteiger partial charge is 0.306 e. The Morgan fingerprint density at radius 1 is 1.23 bits per heavy atom. The van der Waals surface area contributed by atoms with Crippen LogP contribution in [0.4, 0.5) is 0 Å². The van der Waals surface area contributed by atoms with E-state index in [2.05, 4.69) is 29.7 Å². The fourth-order valence-corrected chi connectivity index (χ4v) is 3.35. The number of methoxy groups -OCH3 is 1. The topological polar surface area (TPSA) is 62.2 Å². The summed E-state index contributed by atoms with van der Waals surface area (Å²) in [6.07, 6.45) is 1.44. The zero-order valence-electron chi connectivity index (χ0n) is 16.2. The fraction of sp³-hybridized carbons (Fsp3) is 0.650. The Morgan fingerprint density at radius 3 is 2.50 bits per heavy atom. The lowest BCUT2D eigenvalue weighted by Gasteiger charge is -2.30. The van der Waals surface area contributed by atoms with Gasteiger partial charge in [-0.2, -0.15) is 0 Å². The SMILES string of the molecule is CCN(CC)CCOc1ccc(CN2CCC(C(=O)O)CC2)cc1OC. The normalized spacial score (nSPS) is 16.0. The summed E-state index contributed by atoms with van der Waals surface area (Å²) in [5, 5.41) is 9.10. The highest BCUT2D eigenvalue weighted by Gasteiger charge is 2.24. The molecule has 1 N–H and O–H groups in total. The van der Waals surface area contributed by atoms with Crippen LogP contribution >= 0.6 is 0 Å². The van der Waals surface area contributed by atoms with Crippen LogP contribution in [0.15, 0.2) is 18.2 Å². The Morgan fingerprint density at radius 2 is 1.92 bits per heavy atom. The highest BCUT2D eigenvalue weighted by Crippen LogP contribution is 2.29. The molecule has 1 aliphatic heterocycles. The number of likely N-dealkylation sites (tertiary alicyclic amines) is 1. The van der Waals surface area contributed by atoms with E-state index in [1.54, 1.807) is 7.11 Å². The van der Waals surface area contributed by atoms with Gasteiger partial charge in [-0.25, -0.2) is 0 Å². The third-order valence-corrected chi connectivity index (χ3v) is 5.13. The number of likely N-dealkylation sites (N-methyl/N-ethyl adjacent to an activating group) is 1. The number of nitrogens with zero attached hydrogens (tertiary/aromatic N) is 2. The first kappa shape index (κ1) is 20.5. The monoisotopic (exact) mass is 364 g/mol. The molecule has 1 aromatic rings. The quantitative estimate of drug-likeness (QED) is 0.689. The number of carboxylic acids is 1. The maximum atomic E-state index is 11.1. The van der Waals surface area contributed by atoms with Crippen LogP contribution in [0.2, 0.25) is 0 Å². The van der Waals surface area contributed by atoms with Crippen LogP contribution in [0.5, 0.6) is 11.5 Å². The summed E-state index contributed by atoms with van der Waals surface area (Å²) in [5.74, 6) is 0.662. The van der Waals surface area contributed by atoms with Crippen molar-refractivity contribution in [1.29, 1.82) is 0 Å². The summed E-state index contributed by atoms with van der Waals surface area (Å²) in [6.45, 7) is 10.3. The van der Waals surface area contributed by atoms with E-state index in [1.165, 1.54) is 0 Å². The van der Waals surface area contributed by atoms with Gasteiger partial charge < -0.3 is 19.5 Å². The maximum absolute atomic E-state index is 11.1. The molecule has 1 heterocycles. The van der Waals surface area contributed by atoms with E-state index in [0.29, 0.717) is 6.61 Å². The van der Waals surface area contributed by atoms with Gasteiger partial charge in [-0.1, -0.05) is 19.9 Å². The molecule has 1 saturated heterocycles. The molecule has 0 aliphatic carbocycles. The van der Waals surface area contributed by atoms with E-state index in [0.717, 1.165) is 69.2 Å². The van der Waals surface area contributed by atoms with Crippen LogP contribution in [0, 0.1) is 5.92 Å². The van der Waals surface area contributed by atoms with Gasteiger partial charge in [0.15, 0.2) is 11.5 Å². The van der Waals surface area contributed by atoms with Gasteiger partial charge in [0.25, 0.3) is 0 Å². The standard InChI is InChI=1S/C20H32N2O4/c1-4-21(5-2)12-13-26-18-7-6-16(14-19(18)25-3)15-22-10-8-17(9-11-22)20(23)24/h6-7,14,17H,4-5,8-13,15H2,1-3H3,(H,23,24). The van der Waals surface area contributed by atoms with Crippen LogP contribution in [-0.4, -0.2) is 67.3 Å². The van der Waals surface area contributed by atoms with Gasteiger partial charge in [-0.15, -0.1) is 0 Å². The minimum atomic E-state index is -0.669. The second kappa shape index (κ2) is 10.4. The molecule has 0 atom stereocenters. The summed E-state index contributed by atoms with van der Waals surface area (Å²) in [5.41, 5.74) is 1.16. The lowest BCUT2D eigenvalue weighted by atomic mass is 9.97. The second-order valence-electron chi connectivity index (χ2n) is 6.75. The molecule has 6 nitrogen and oxygen atoms in total. The van der Waals surface area contributed by atoms with Crippen molar-refractivity contribution in [3.8, 4) is 11.5 Å². The number of hydrogen-bond donors (Lipinski definition) is 1. The largest absolute Gasteiger partial charge is 0.493 e.